The number of para-hydroxylation sites is 1. The Bertz CT molecular complexity index is 939. The maximum Gasteiger partial charge on any atom is 0.180 e. The summed E-state index contributed by atoms with van der Waals surface area (Å²) in [6.45, 7) is 4.35. The smallest absolute Gasteiger partial charge is 0.180 e. The quantitative estimate of drug-likeness (QED) is 0.678. The standard InChI is InChI=1S/C21H26N4OS/c1-2-11-25(15-6-7-17-19(13-15)27-21(22)24-17)12-9-14-8-10-23-20-16(14)4-3-5-18(20)26/h3-5,8,10,15,26H,2,6-7,9,11-13H2,1H3,(H2,22,24). The summed E-state index contributed by atoms with van der Waals surface area (Å²) in [5.41, 5.74) is 9.05. The van der Waals surface area contributed by atoms with Crippen LogP contribution < -0.4 is 5.73 Å². The van der Waals surface area contributed by atoms with Crippen LogP contribution in [0.4, 0.5) is 5.13 Å². The van der Waals surface area contributed by atoms with Gasteiger partial charge in [0, 0.05) is 29.0 Å². The summed E-state index contributed by atoms with van der Waals surface area (Å²) in [4.78, 5) is 12.8. The van der Waals surface area contributed by atoms with Crippen LogP contribution >= 0.6 is 11.3 Å². The third-order valence-electron chi connectivity index (χ3n) is 5.47. The van der Waals surface area contributed by atoms with Crippen LogP contribution in [0.2, 0.25) is 0 Å². The van der Waals surface area contributed by atoms with Gasteiger partial charge in [0.25, 0.3) is 0 Å². The second-order valence-corrected chi connectivity index (χ2v) is 8.36. The maximum atomic E-state index is 10.1. The van der Waals surface area contributed by atoms with E-state index in [1.165, 1.54) is 16.1 Å². The number of nitrogens with zero attached hydrogens (tertiary/aromatic N) is 3. The highest BCUT2D eigenvalue weighted by molar-refractivity contribution is 7.15. The Hall–Kier alpha value is -2.18. The molecule has 0 aliphatic heterocycles. The minimum atomic E-state index is 0.252. The van der Waals surface area contributed by atoms with E-state index in [-0.39, 0.29) is 5.75 Å². The molecule has 4 rings (SSSR count). The number of nitrogen functional groups attached to an aromatic ring is 1. The number of aromatic nitrogens is 2. The highest BCUT2D eigenvalue weighted by atomic mass is 32.1. The molecule has 2 aromatic heterocycles. The van der Waals surface area contributed by atoms with Gasteiger partial charge in [0.05, 0.1) is 5.69 Å². The topological polar surface area (TPSA) is 75.3 Å². The van der Waals surface area contributed by atoms with Gasteiger partial charge in [0.15, 0.2) is 5.13 Å². The number of hydrogen-bond acceptors (Lipinski definition) is 6. The molecule has 3 aromatic rings. The Morgan fingerprint density at radius 2 is 2.19 bits per heavy atom. The summed E-state index contributed by atoms with van der Waals surface area (Å²) in [6.07, 6.45) is 7.13. The van der Waals surface area contributed by atoms with Gasteiger partial charge in [-0.25, -0.2) is 4.98 Å². The van der Waals surface area contributed by atoms with Gasteiger partial charge in [-0.05, 0) is 56.3 Å². The SMILES string of the molecule is CCCN(CCc1ccnc2c(O)cccc12)C1CCc2nc(N)sc2C1. The molecule has 0 amide bonds. The normalized spacial score (nSPS) is 16.7. The molecule has 0 radical (unpaired) electrons. The van der Waals surface area contributed by atoms with E-state index < -0.39 is 0 Å². The zero-order valence-corrected chi connectivity index (χ0v) is 16.5. The second kappa shape index (κ2) is 7.82. The molecule has 2 heterocycles. The van der Waals surface area contributed by atoms with Crippen LogP contribution in [0.1, 0.15) is 35.9 Å². The van der Waals surface area contributed by atoms with Crippen LogP contribution in [-0.4, -0.2) is 39.1 Å². The molecule has 1 unspecified atom stereocenters. The van der Waals surface area contributed by atoms with Crippen molar-refractivity contribution < 1.29 is 5.11 Å². The van der Waals surface area contributed by atoms with Crippen LogP contribution in [0, 0.1) is 0 Å². The van der Waals surface area contributed by atoms with E-state index in [4.69, 9.17) is 5.73 Å². The fourth-order valence-electron chi connectivity index (χ4n) is 4.15. The van der Waals surface area contributed by atoms with Gasteiger partial charge < -0.3 is 10.8 Å². The maximum absolute atomic E-state index is 10.1. The van der Waals surface area contributed by atoms with E-state index in [1.807, 2.05) is 6.07 Å². The number of nitrogens with two attached hydrogens (primary N) is 1. The summed E-state index contributed by atoms with van der Waals surface area (Å²) < 4.78 is 0. The Morgan fingerprint density at radius 3 is 3.04 bits per heavy atom. The van der Waals surface area contributed by atoms with Gasteiger partial charge in [0.2, 0.25) is 0 Å². The van der Waals surface area contributed by atoms with E-state index in [1.54, 1.807) is 23.6 Å². The highest BCUT2D eigenvalue weighted by Gasteiger charge is 2.26. The molecular formula is C21H26N4OS. The molecule has 0 bridgehead atoms. The first-order valence-electron chi connectivity index (χ1n) is 9.69. The molecule has 0 fully saturated rings. The predicted octanol–water partition coefficient (Wildman–Crippen LogP) is 3.79. The molecule has 0 saturated heterocycles. The molecule has 0 saturated carbocycles. The molecule has 1 aliphatic carbocycles. The fraction of sp³-hybridized carbons (Fsp3) is 0.429. The van der Waals surface area contributed by atoms with Crippen LogP contribution in [-0.2, 0) is 19.3 Å². The Balaban J connectivity index is 1.51. The van der Waals surface area contributed by atoms with Crippen molar-refractivity contribution in [3.8, 4) is 5.75 Å². The second-order valence-electron chi connectivity index (χ2n) is 7.25. The molecule has 3 N–H and O–H groups in total. The molecule has 5 nitrogen and oxygen atoms in total. The molecule has 1 atom stereocenters. The zero-order chi connectivity index (χ0) is 18.8. The fourth-order valence-corrected chi connectivity index (χ4v) is 5.10. The van der Waals surface area contributed by atoms with Crippen molar-refractivity contribution >= 4 is 27.4 Å². The lowest BCUT2D eigenvalue weighted by molar-refractivity contribution is 0.182. The number of rotatable bonds is 6. The van der Waals surface area contributed by atoms with Crippen LogP contribution in [0.15, 0.2) is 30.5 Å². The van der Waals surface area contributed by atoms with Gasteiger partial charge in [-0.1, -0.05) is 19.1 Å². The summed E-state index contributed by atoms with van der Waals surface area (Å²) in [5, 5.41) is 11.8. The summed E-state index contributed by atoms with van der Waals surface area (Å²) >= 11 is 1.65. The minimum Gasteiger partial charge on any atom is -0.506 e. The van der Waals surface area contributed by atoms with Gasteiger partial charge in [-0.15, -0.1) is 11.3 Å². The highest BCUT2D eigenvalue weighted by Crippen LogP contribution is 2.31. The number of fused-ring (bicyclic) bond motifs is 2. The molecule has 6 heteroatoms. The zero-order valence-electron chi connectivity index (χ0n) is 15.7. The number of hydrogen-bond donors (Lipinski definition) is 2. The number of aryl methyl sites for hydroxylation is 1. The van der Waals surface area contributed by atoms with Crippen molar-refractivity contribution in [3.05, 3.63) is 46.6 Å². The van der Waals surface area contributed by atoms with E-state index in [0.29, 0.717) is 16.7 Å². The van der Waals surface area contributed by atoms with Gasteiger partial charge in [-0.2, -0.15) is 0 Å². The lowest BCUT2D eigenvalue weighted by atomic mass is 9.95. The van der Waals surface area contributed by atoms with Crippen LogP contribution in [0.5, 0.6) is 5.75 Å². The first-order valence-corrected chi connectivity index (χ1v) is 10.5. The Morgan fingerprint density at radius 1 is 1.30 bits per heavy atom. The number of thiazole rings is 1. The van der Waals surface area contributed by atoms with Crippen LogP contribution in [0.3, 0.4) is 0 Å². The van der Waals surface area contributed by atoms with Crippen molar-refractivity contribution in [1.82, 2.24) is 14.9 Å². The van der Waals surface area contributed by atoms with Crippen molar-refractivity contribution in [2.75, 3.05) is 18.8 Å². The number of phenols is 1. The molecule has 1 aromatic carbocycles. The van der Waals surface area contributed by atoms with Gasteiger partial charge >= 0.3 is 0 Å². The largest absolute Gasteiger partial charge is 0.506 e. The monoisotopic (exact) mass is 382 g/mol. The van der Waals surface area contributed by atoms with E-state index >= 15 is 0 Å². The van der Waals surface area contributed by atoms with Crippen molar-refractivity contribution in [2.24, 2.45) is 0 Å². The molecule has 142 valence electrons. The number of anilines is 1. The Kier molecular flexibility index (Phi) is 5.27. The van der Waals surface area contributed by atoms with Crippen molar-refractivity contribution in [3.63, 3.8) is 0 Å². The molecule has 1 aliphatic rings. The number of phenolic OH excluding ortho intramolecular Hbond substituents is 1. The molecular weight excluding hydrogens is 356 g/mol. The molecule has 0 spiro atoms. The molecule has 27 heavy (non-hydrogen) atoms. The van der Waals surface area contributed by atoms with Gasteiger partial charge in [-0.3, -0.25) is 9.88 Å². The first kappa shape index (κ1) is 18.2. The average Bonchev–Trinajstić information content (AvgIpc) is 3.04. The van der Waals surface area contributed by atoms with E-state index in [0.717, 1.165) is 50.6 Å². The summed E-state index contributed by atoms with van der Waals surface area (Å²) in [6, 6.07) is 8.27. The van der Waals surface area contributed by atoms with E-state index in [2.05, 4.69) is 33.9 Å². The number of pyridine rings is 1. The van der Waals surface area contributed by atoms with Gasteiger partial charge in [0.1, 0.15) is 11.3 Å². The predicted molar refractivity (Wildman–Crippen MR) is 111 cm³/mol. The third kappa shape index (κ3) is 3.77. The van der Waals surface area contributed by atoms with E-state index in [9.17, 15) is 5.11 Å². The number of benzene rings is 1. The first-order chi connectivity index (χ1) is 13.2. The van der Waals surface area contributed by atoms with Crippen molar-refractivity contribution in [1.29, 1.82) is 0 Å². The lowest BCUT2D eigenvalue weighted by Crippen LogP contribution is -2.40. The number of aromatic hydroxyl groups is 1. The summed E-state index contributed by atoms with van der Waals surface area (Å²) in [5.74, 6) is 0.252. The lowest BCUT2D eigenvalue weighted by Gasteiger charge is -2.34. The summed E-state index contributed by atoms with van der Waals surface area (Å²) in [7, 11) is 0. The third-order valence-corrected chi connectivity index (χ3v) is 6.41. The average molecular weight is 383 g/mol. The van der Waals surface area contributed by atoms with Crippen molar-refractivity contribution in [2.45, 2.75) is 45.1 Å². The van der Waals surface area contributed by atoms with Crippen LogP contribution in [0.25, 0.3) is 10.9 Å². The Labute approximate surface area is 163 Å². The minimum absolute atomic E-state index is 0.252.